The van der Waals surface area contributed by atoms with Gasteiger partial charge >= 0.3 is 0 Å². The maximum atomic E-state index is 4.60. The zero-order chi connectivity index (χ0) is 90.3. The minimum Gasteiger partial charge on any atom is -0.310 e. The van der Waals surface area contributed by atoms with E-state index in [4.69, 9.17) is 0 Å². The lowest BCUT2D eigenvalue weighted by molar-refractivity contribution is 0.661. The Labute approximate surface area is 783 Å². The lowest BCUT2D eigenvalue weighted by atomic mass is 9.72. The fourth-order valence-electron chi connectivity index (χ4n) is 22.2. The number of anilines is 9. The Morgan fingerprint density at radius 2 is 0.627 bits per heavy atom. The molecule has 0 amide bonds. The molecule has 1 aromatic heterocycles. The molecule has 1 heterocycles. The van der Waals surface area contributed by atoms with Gasteiger partial charge in [-0.3, -0.25) is 4.98 Å². The van der Waals surface area contributed by atoms with Crippen molar-refractivity contribution in [1.82, 2.24) is 4.98 Å². The molecule has 1 atom stereocenters. The van der Waals surface area contributed by atoms with Gasteiger partial charge in [0.25, 0.3) is 0 Å². The number of aromatic nitrogens is 1. The second-order valence-corrected chi connectivity index (χ2v) is 36.5. The average molecular weight is 1710 g/mol. The lowest BCUT2D eigenvalue weighted by Gasteiger charge is -2.32. The highest BCUT2D eigenvalue weighted by atomic mass is 15.2. The number of para-hydroxylation sites is 3. The quantitative estimate of drug-likeness (QED) is 0.0954. The molecule has 0 aliphatic heterocycles. The number of rotatable bonds is 15. The predicted octanol–water partition coefficient (Wildman–Crippen LogP) is 35.7. The van der Waals surface area contributed by atoms with Gasteiger partial charge in [-0.2, -0.15) is 0 Å². The molecule has 0 spiro atoms. The Bertz CT molecular complexity index is 8310. The van der Waals surface area contributed by atoms with E-state index in [1.165, 1.54) is 165 Å². The van der Waals surface area contributed by atoms with Crippen LogP contribution in [0.15, 0.2) is 481 Å². The molecule has 0 saturated carbocycles. The van der Waals surface area contributed by atoms with Crippen LogP contribution in [0.4, 0.5) is 51.2 Å². The van der Waals surface area contributed by atoms with Crippen LogP contribution in [0.1, 0.15) is 77.8 Å². The number of fused-ring (bicyclic) bond motifs is 21. The van der Waals surface area contributed by atoms with Gasteiger partial charge in [0, 0.05) is 84.5 Å². The van der Waals surface area contributed by atoms with Gasteiger partial charge in [0.15, 0.2) is 0 Å². The van der Waals surface area contributed by atoms with Gasteiger partial charge < -0.3 is 14.7 Å². The third kappa shape index (κ3) is 13.5. The van der Waals surface area contributed by atoms with Crippen molar-refractivity contribution in [2.75, 3.05) is 14.7 Å². The van der Waals surface area contributed by atoms with Crippen molar-refractivity contribution >= 4 is 139 Å². The molecule has 25 rings (SSSR count). The van der Waals surface area contributed by atoms with Crippen molar-refractivity contribution in [1.29, 1.82) is 0 Å². The summed E-state index contributed by atoms with van der Waals surface area (Å²) in [4.78, 5) is 11.8. The zero-order valence-electron chi connectivity index (χ0n) is 75.4. The fourth-order valence-corrected chi connectivity index (χ4v) is 22.2. The van der Waals surface area contributed by atoms with Crippen LogP contribution in [0.25, 0.3) is 143 Å². The molecular weight excluding hydrogens is 1620 g/mol. The SMILES string of the molecule is C=Cc1ccc(N(c2ccc(C=C)cc2)c2cc3c(c4ccccc24)-c2c(ccc4ccccc24)C3(C=C)c2ccccc2)cc1.CC1(C)c2cc(N(c3ccccc3)c3ccccc3)c3ccccc3c2-c2cc(-c3ccccc3)c3ccccc3c21.CC1(C)c2cc3ccccc3cc2-c2c1cc(N(c1ccccc1)c1cccc(-c3cncc4ccccc34)c1)c1ccccc21. The summed E-state index contributed by atoms with van der Waals surface area (Å²) in [5, 5.41) is 17.5. The van der Waals surface area contributed by atoms with Gasteiger partial charge in [-0.25, -0.2) is 0 Å². The maximum absolute atomic E-state index is 4.60. The van der Waals surface area contributed by atoms with Gasteiger partial charge in [-0.15, -0.1) is 6.58 Å². The molecule has 1 unspecified atom stereocenters. The summed E-state index contributed by atoms with van der Waals surface area (Å²) in [6, 6.07) is 161. The Balaban J connectivity index is 0.000000114. The molecule has 22 aromatic rings. The third-order valence-corrected chi connectivity index (χ3v) is 28.5. The summed E-state index contributed by atoms with van der Waals surface area (Å²) < 4.78 is 0. The second kappa shape index (κ2) is 33.3. The third-order valence-electron chi connectivity index (χ3n) is 28.5. The zero-order valence-corrected chi connectivity index (χ0v) is 75.4. The number of nitrogens with zero attached hydrogens (tertiary/aromatic N) is 4. The van der Waals surface area contributed by atoms with E-state index in [0.29, 0.717) is 0 Å². The van der Waals surface area contributed by atoms with Crippen LogP contribution in [-0.2, 0) is 16.2 Å². The average Bonchev–Trinajstić information content (AvgIpc) is 1.90. The molecule has 3 aliphatic carbocycles. The van der Waals surface area contributed by atoms with Gasteiger partial charge in [0.2, 0.25) is 0 Å². The van der Waals surface area contributed by atoms with Crippen LogP contribution in [0.2, 0.25) is 0 Å². The molecule has 21 aromatic carbocycles. The summed E-state index contributed by atoms with van der Waals surface area (Å²) in [5.41, 5.74) is 33.5. The van der Waals surface area contributed by atoms with Crippen LogP contribution in [-0.4, -0.2) is 4.98 Å². The monoisotopic (exact) mass is 1710 g/mol. The van der Waals surface area contributed by atoms with E-state index in [9.17, 15) is 0 Å². The molecule has 3 aliphatic rings. The standard InChI is InChI=1S/C45H33N.C44H32N2.C41H31N/c1-4-31-20-25-35(26-21-31)46(36-27-22-32(5-2)23-28-36)42-30-41-44(39-19-13-12-18-38(39)42)43-37-17-11-10-14-33(37)24-29-40(43)45(41,6-3)34-15-8-7-9-16-34;1-44(2)40-25-30-14-7-6-13-29(30)24-38(40)43-37-22-11-10-21-36(37)42(26-41(43)44)46(33-17-4-3-5-18-33)34-19-12-16-31(23-34)39-28-45-27-32-15-8-9-20-35(32)39;1-41(2)37-27-38(42(29-18-8-4-9-19-29)30-20-10-5-11-21-30)32-23-13-14-24-33(32)39(37)36-26-35(28-16-6-3-7-17-28)31-22-12-15-25-34(31)40(36)41/h4-30H,1-3H2;3-28H,1-2H3;3-27H,1-2H3. The first kappa shape index (κ1) is 81.7. The van der Waals surface area contributed by atoms with Crippen LogP contribution in [0.5, 0.6) is 0 Å². The summed E-state index contributed by atoms with van der Waals surface area (Å²) in [7, 11) is 0. The highest BCUT2D eigenvalue weighted by molar-refractivity contribution is 6.18. The Kier molecular flexibility index (Phi) is 20.3. The highest BCUT2D eigenvalue weighted by Gasteiger charge is 2.46. The van der Waals surface area contributed by atoms with E-state index < -0.39 is 5.41 Å². The summed E-state index contributed by atoms with van der Waals surface area (Å²) in [6.07, 6.45) is 9.86. The van der Waals surface area contributed by atoms with Gasteiger partial charge in [-0.05, 0) is 263 Å². The van der Waals surface area contributed by atoms with E-state index in [2.05, 4.69) is 516 Å². The van der Waals surface area contributed by atoms with Crippen LogP contribution >= 0.6 is 0 Å². The molecule has 4 nitrogen and oxygen atoms in total. The number of hydrogen-bond acceptors (Lipinski definition) is 4. The van der Waals surface area contributed by atoms with E-state index >= 15 is 0 Å². The van der Waals surface area contributed by atoms with Crippen LogP contribution in [0.3, 0.4) is 0 Å². The largest absolute Gasteiger partial charge is 0.310 e. The molecule has 0 N–H and O–H groups in total. The first-order valence-corrected chi connectivity index (χ1v) is 46.4. The number of benzene rings is 21. The Hall–Kier alpha value is -16.8. The first-order chi connectivity index (χ1) is 65.9. The minimum absolute atomic E-state index is 0.160. The number of allylic oxidation sites excluding steroid dienone is 1. The highest BCUT2D eigenvalue weighted by Crippen LogP contribution is 2.62. The van der Waals surface area contributed by atoms with Crippen LogP contribution in [0, 0.1) is 0 Å². The molecule has 0 saturated heterocycles. The number of hydrogen-bond donors (Lipinski definition) is 0. The molecule has 636 valence electrons. The predicted molar refractivity (Wildman–Crippen MR) is 572 cm³/mol. The lowest BCUT2D eigenvalue weighted by Crippen LogP contribution is -2.24. The number of pyridine rings is 1. The van der Waals surface area contributed by atoms with E-state index in [1.54, 1.807) is 0 Å². The van der Waals surface area contributed by atoms with Gasteiger partial charge in [0.1, 0.15) is 0 Å². The van der Waals surface area contributed by atoms with Gasteiger partial charge in [-0.1, -0.05) is 393 Å². The van der Waals surface area contributed by atoms with Crippen molar-refractivity contribution in [2.24, 2.45) is 0 Å². The second-order valence-electron chi connectivity index (χ2n) is 36.5. The van der Waals surface area contributed by atoms with Crippen molar-refractivity contribution in [3.63, 3.8) is 0 Å². The van der Waals surface area contributed by atoms with E-state index in [0.717, 1.165) is 67.5 Å². The summed E-state index contributed by atoms with van der Waals surface area (Å²) in [6.45, 7) is 22.1. The van der Waals surface area contributed by atoms with Gasteiger partial charge in [0.05, 0.1) is 22.5 Å². The smallest absolute Gasteiger partial charge is 0.0642 e. The van der Waals surface area contributed by atoms with E-state index in [1.807, 2.05) is 24.5 Å². The molecule has 0 bridgehead atoms. The summed E-state index contributed by atoms with van der Waals surface area (Å²) in [5.74, 6) is 0. The molecular formula is C130H96N4. The molecule has 0 fully saturated rings. The first-order valence-electron chi connectivity index (χ1n) is 46.4. The molecule has 0 radical (unpaired) electrons. The van der Waals surface area contributed by atoms with Crippen LogP contribution < -0.4 is 14.7 Å². The minimum atomic E-state index is -0.542. The molecule has 4 heteroatoms. The topological polar surface area (TPSA) is 22.6 Å². The van der Waals surface area contributed by atoms with Crippen molar-refractivity contribution < 1.29 is 0 Å². The maximum Gasteiger partial charge on any atom is 0.0642 e. The summed E-state index contributed by atoms with van der Waals surface area (Å²) >= 11 is 0. The normalized spacial score (nSPS) is 13.8. The van der Waals surface area contributed by atoms with Crippen molar-refractivity contribution in [3.8, 4) is 55.6 Å². The molecule has 134 heavy (non-hydrogen) atoms. The van der Waals surface area contributed by atoms with Crippen molar-refractivity contribution in [3.05, 3.63) is 531 Å². The van der Waals surface area contributed by atoms with E-state index in [-0.39, 0.29) is 10.8 Å². The van der Waals surface area contributed by atoms with Crippen molar-refractivity contribution in [2.45, 2.75) is 43.9 Å². The fraction of sp³-hybridized carbons (Fsp3) is 0.0538. The Morgan fingerprint density at radius 1 is 0.231 bits per heavy atom. The Morgan fingerprint density at radius 3 is 1.16 bits per heavy atom.